The van der Waals surface area contributed by atoms with E-state index in [1.807, 2.05) is 6.08 Å². The van der Waals surface area contributed by atoms with Crippen molar-refractivity contribution in [2.75, 3.05) is 6.54 Å². The molecule has 0 bridgehead atoms. The Morgan fingerprint density at radius 2 is 1.15 bits per heavy atom. The van der Waals surface area contributed by atoms with E-state index >= 15 is 0 Å². The first kappa shape index (κ1) is 45.6. The van der Waals surface area contributed by atoms with Crippen LogP contribution in [0.4, 0.5) is 0 Å². The van der Waals surface area contributed by atoms with Crippen LogP contribution < -0.4 is 11.1 Å². The number of carboxylic acids is 1. The maximum absolute atomic E-state index is 12.7. The molecule has 0 spiro atoms. The van der Waals surface area contributed by atoms with Gasteiger partial charge in [-0.25, -0.2) is 4.79 Å². The van der Waals surface area contributed by atoms with Crippen LogP contribution in [0.1, 0.15) is 187 Å². The number of amides is 1. The lowest BCUT2D eigenvalue weighted by molar-refractivity contribution is -0.147. The SMILES string of the molecule is CCCCC/C=C\C/C=C\C(CCCCCCC(=O)NC(CCCN)C(=O)O)OC(=O)CCCCCCC/C=C\CCCCCCCC. The van der Waals surface area contributed by atoms with Gasteiger partial charge >= 0.3 is 11.9 Å². The van der Waals surface area contributed by atoms with Gasteiger partial charge in [-0.1, -0.05) is 121 Å². The summed E-state index contributed by atoms with van der Waals surface area (Å²) in [6, 6.07) is -0.874. The van der Waals surface area contributed by atoms with Crippen LogP contribution in [0, 0.1) is 0 Å². The summed E-state index contributed by atoms with van der Waals surface area (Å²) in [5, 5.41) is 11.9. The molecule has 0 rings (SSSR count). The number of nitrogens with two attached hydrogens (primary N) is 1. The number of carbonyl (C=O) groups excluding carboxylic acids is 2. The van der Waals surface area contributed by atoms with E-state index in [0.29, 0.717) is 38.6 Å². The van der Waals surface area contributed by atoms with Gasteiger partial charge in [0.15, 0.2) is 0 Å². The Bertz CT molecular complexity index is 854. The van der Waals surface area contributed by atoms with Gasteiger partial charge in [-0.3, -0.25) is 9.59 Å². The number of nitrogens with one attached hydrogen (secondary N) is 1. The lowest BCUT2D eigenvalue weighted by Gasteiger charge is -2.15. The molecule has 0 radical (unpaired) electrons. The summed E-state index contributed by atoms with van der Waals surface area (Å²) >= 11 is 0. The molecular weight excluding hydrogens is 600 g/mol. The fourth-order valence-corrected chi connectivity index (χ4v) is 5.63. The Hall–Kier alpha value is -2.41. The third kappa shape index (κ3) is 32.2. The van der Waals surface area contributed by atoms with E-state index in [4.69, 9.17) is 10.5 Å². The monoisotopic (exact) mass is 675 g/mol. The van der Waals surface area contributed by atoms with Crippen molar-refractivity contribution in [3.05, 3.63) is 36.5 Å². The van der Waals surface area contributed by atoms with Crippen molar-refractivity contribution in [2.24, 2.45) is 5.73 Å². The van der Waals surface area contributed by atoms with Crippen LogP contribution in [0.2, 0.25) is 0 Å². The number of rotatable bonds is 35. The molecule has 2 unspecified atom stereocenters. The molecule has 278 valence electrons. The van der Waals surface area contributed by atoms with E-state index in [-0.39, 0.29) is 18.0 Å². The topological polar surface area (TPSA) is 119 Å². The van der Waals surface area contributed by atoms with Crippen LogP contribution in [-0.2, 0) is 19.1 Å². The maximum atomic E-state index is 12.7. The summed E-state index contributed by atoms with van der Waals surface area (Å²) in [6.45, 7) is 4.88. The first-order valence-electron chi connectivity index (χ1n) is 19.8. The Morgan fingerprint density at radius 3 is 1.77 bits per heavy atom. The minimum Gasteiger partial charge on any atom is -0.480 e. The van der Waals surface area contributed by atoms with Crippen molar-refractivity contribution in [1.29, 1.82) is 0 Å². The highest BCUT2D eigenvalue weighted by atomic mass is 16.5. The number of aliphatic carboxylic acids is 1. The van der Waals surface area contributed by atoms with E-state index < -0.39 is 12.0 Å². The van der Waals surface area contributed by atoms with Gasteiger partial charge in [-0.15, -0.1) is 0 Å². The average molecular weight is 675 g/mol. The van der Waals surface area contributed by atoms with Gasteiger partial charge in [0, 0.05) is 12.8 Å². The molecule has 0 fully saturated rings. The number of allylic oxidation sites excluding steroid dienone is 5. The fourth-order valence-electron chi connectivity index (χ4n) is 5.63. The summed E-state index contributed by atoms with van der Waals surface area (Å²) in [4.78, 5) is 36.2. The summed E-state index contributed by atoms with van der Waals surface area (Å²) in [7, 11) is 0. The van der Waals surface area contributed by atoms with Crippen molar-refractivity contribution in [3.8, 4) is 0 Å². The van der Waals surface area contributed by atoms with Crippen LogP contribution in [0.15, 0.2) is 36.5 Å². The molecule has 0 aliphatic rings. The summed E-state index contributed by atoms with van der Waals surface area (Å²) in [5.74, 6) is -1.36. The first-order valence-corrected chi connectivity index (χ1v) is 19.8. The smallest absolute Gasteiger partial charge is 0.326 e. The number of hydrogen-bond acceptors (Lipinski definition) is 5. The van der Waals surface area contributed by atoms with Crippen molar-refractivity contribution in [2.45, 2.75) is 199 Å². The molecule has 0 aromatic carbocycles. The summed E-state index contributed by atoms with van der Waals surface area (Å²) in [6.07, 6.45) is 40.6. The Kier molecular flexibility index (Phi) is 34.1. The average Bonchev–Trinajstić information content (AvgIpc) is 3.07. The summed E-state index contributed by atoms with van der Waals surface area (Å²) < 4.78 is 5.88. The normalized spacial score (nSPS) is 13.1. The molecule has 48 heavy (non-hydrogen) atoms. The minimum absolute atomic E-state index is 0.114. The fraction of sp³-hybridized carbons (Fsp3) is 0.780. The molecule has 0 aromatic heterocycles. The molecule has 0 aromatic rings. The van der Waals surface area contributed by atoms with Crippen LogP contribution in [-0.4, -0.2) is 41.6 Å². The number of ether oxygens (including phenoxy) is 1. The highest BCUT2D eigenvalue weighted by Gasteiger charge is 2.19. The predicted molar refractivity (Wildman–Crippen MR) is 202 cm³/mol. The molecule has 0 heterocycles. The highest BCUT2D eigenvalue weighted by molar-refractivity contribution is 5.83. The predicted octanol–water partition coefficient (Wildman–Crippen LogP) is 10.7. The second kappa shape index (κ2) is 35.9. The van der Waals surface area contributed by atoms with Crippen LogP contribution in [0.25, 0.3) is 0 Å². The highest BCUT2D eigenvalue weighted by Crippen LogP contribution is 2.15. The second-order valence-electron chi connectivity index (χ2n) is 13.3. The van der Waals surface area contributed by atoms with Crippen molar-refractivity contribution < 1.29 is 24.2 Å². The van der Waals surface area contributed by atoms with Crippen molar-refractivity contribution in [1.82, 2.24) is 5.32 Å². The van der Waals surface area contributed by atoms with E-state index in [1.54, 1.807) is 0 Å². The Morgan fingerprint density at radius 1 is 0.625 bits per heavy atom. The molecule has 0 saturated heterocycles. The number of esters is 1. The van der Waals surface area contributed by atoms with E-state index in [9.17, 15) is 19.5 Å². The lowest BCUT2D eigenvalue weighted by Crippen LogP contribution is -2.40. The van der Waals surface area contributed by atoms with Crippen LogP contribution in [0.5, 0.6) is 0 Å². The van der Waals surface area contributed by atoms with Gasteiger partial charge in [0.25, 0.3) is 0 Å². The number of carbonyl (C=O) groups is 3. The molecule has 0 saturated carbocycles. The molecule has 1 amide bonds. The van der Waals surface area contributed by atoms with Gasteiger partial charge in [-0.05, 0) is 96.1 Å². The lowest BCUT2D eigenvalue weighted by atomic mass is 10.1. The molecule has 7 nitrogen and oxygen atoms in total. The molecular formula is C41H74N2O5. The number of carboxylic acid groups (broad SMARTS) is 1. The van der Waals surface area contributed by atoms with Gasteiger partial charge in [-0.2, -0.15) is 0 Å². The molecule has 0 aliphatic carbocycles. The Balaban J connectivity index is 4.34. The van der Waals surface area contributed by atoms with Crippen molar-refractivity contribution >= 4 is 17.8 Å². The van der Waals surface area contributed by atoms with E-state index in [1.165, 1.54) is 77.0 Å². The van der Waals surface area contributed by atoms with Gasteiger partial charge < -0.3 is 20.9 Å². The zero-order chi connectivity index (χ0) is 35.3. The molecule has 7 heteroatoms. The Labute approximate surface area is 295 Å². The van der Waals surface area contributed by atoms with Crippen LogP contribution >= 0.6 is 0 Å². The zero-order valence-electron chi connectivity index (χ0n) is 31.1. The van der Waals surface area contributed by atoms with E-state index in [0.717, 1.165) is 64.2 Å². The third-order valence-electron chi connectivity index (χ3n) is 8.66. The largest absolute Gasteiger partial charge is 0.480 e. The molecule has 2 atom stereocenters. The van der Waals surface area contributed by atoms with Crippen LogP contribution in [0.3, 0.4) is 0 Å². The maximum Gasteiger partial charge on any atom is 0.326 e. The standard InChI is InChI=1S/C41H74N2O5/c1-3-5-7-9-11-13-14-15-16-17-18-19-21-23-29-35-40(45)48-37(31-26-22-20-12-10-8-6-4-2)32-27-24-25-28-34-39(44)43-38(41(46)47)33-30-36-42/h12,15-16,20,26,31,37-38H,3-11,13-14,17-19,21-25,27-30,32-36,42H2,1-2H3,(H,43,44)(H,46,47)/b16-15-,20-12-,31-26-. The van der Waals surface area contributed by atoms with E-state index in [2.05, 4.69) is 49.5 Å². The molecule has 0 aliphatic heterocycles. The van der Waals surface area contributed by atoms with Gasteiger partial charge in [0.2, 0.25) is 5.91 Å². The van der Waals surface area contributed by atoms with Gasteiger partial charge in [0.1, 0.15) is 12.1 Å². The zero-order valence-corrected chi connectivity index (χ0v) is 31.1. The number of unbranched alkanes of at least 4 members (excludes halogenated alkanes) is 17. The van der Waals surface area contributed by atoms with Gasteiger partial charge in [0.05, 0.1) is 0 Å². The third-order valence-corrected chi connectivity index (χ3v) is 8.66. The molecule has 4 N–H and O–H groups in total. The first-order chi connectivity index (χ1) is 23.4. The minimum atomic E-state index is -1.02. The number of hydrogen-bond donors (Lipinski definition) is 3. The summed E-state index contributed by atoms with van der Waals surface area (Å²) in [5.41, 5.74) is 5.47. The second-order valence-corrected chi connectivity index (χ2v) is 13.3. The quantitative estimate of drug-likeness (QED) is 0.0350. The van der Waals surface area contributed by atoms with Crippen molar-refractivity contribution in [3.63, 3.8) is 0 Å².